The van der Waals surface area contributed by atoms with E-state index in [1.165, 1.54) is 43.6 Å². The number of hydrogen-bond acceptors (Lipinski definition) is 1. The predicted molar refractivity (Wildman–Crippen MR) is 262 cm³/mol. The van der Waals surface area contributed by atoms with Crippen LogP contribution < -0.4 is 15.9 Å². The third-order valence-electron chi connectivity index (χ3n) is 13.5. The molecule has 13 rings (SSSR count). The molecule has 0 radical (unpaired) electrons. The van der Waals surface area contributed by atoms with Crippen LogP contribution in [0.4, 0.5) is 0 Å². The van der Waals surface area contributed by atoms with E-state index in [1.54, 1.807) is 0 Å². The lowest BCUT2D eigenvalue weighted by atomic mass is 10.1. The van der Waals surface area contributed by atoms with Gasteiger partial charge in [0.05, 0.1) is 22.1 Å². The minimum absolute atomic E-state index is 0.813. The van der Waals surface area contributed by atoms with Crippen molar-refractivity contribution in [3.63, 3.8) is 0 Å². The van der Waals surface area contributed by atoms with Crippen molar-refractivity contribution in [3.05, 3.63) is 200 Å². The summed E-state index contributed by atoms with van der Waals surface area (Å²) >= 11 is 0. The Morgan fingerprint density at radius 3 is 1.06 bits per heavy atom. The number of aromatic nitrogens is 4. The molecule has 0 saturated heterocycles. The molecule has 0 spiro atoms. The fourth-order valence-electron chi connectivity index (χ4n) is 10.5. The van der Waals surface area contributed by atoms with Crippen molar-refractivity contribution in [2.45, 2.75) is 0 Å². The summed E-state index contributed by atoms with van der Waals surface area (Å²) in [7, 11) is 0.872. The quantitative estimate of drug-likeness (QED) is 0.159. The van der Waals surface area contributed by atoms with Gasteiger partial charge in [-0.1, -0.05) is 103 Å². The molecular weight excluding hydrogens is 776 g/mol. The van der Waals surface area contributed by atoms with Crippen LogP contribution in [0.2, 0.25) is 0 Å². The fraction of sp³-hybridized carbons (Fsp3) is 0.0357. The van der Waals surface area contributed by atoms with E-state index in [9.17, 15) is 0 Å². The van der Waals surface area contributed by atoms with E-state index in [2.05, 4.69) is 202 Å². The summed E-state index contributed by atoms with van der Waals surface area (Å²) in [5, 5.41) is 11.8. The molecule has 0 amide bonds. The van der Waals surface area contributed by atoms with Gasteiger partial charge in [-0.15, -0.1) is 0 Å². The monoisotopic (exact) mass is 814 g/mol. The molecule has 0 N–H and O–H groups in total. The average Bonchev–Trinajstić information content (AvgIpc) is 4.03. The topological polar surface area (TPSA) is 36.8 Å². The van der Waals surface area contributed by atoms with Crippen LogP contribution in [0.3, 0.4) is 0 Å². The van der Waals surface area contributed by atoms with E-state index in [0.717, 1.165) is 70.9 Å². The Balaban J connectivity index is 1.02. The lowest BCUT2D eigenvalue weighted by molar-refractivity contribution is 0.592. The maximum atomic E-state index is 16.5. The van der Waals surface area contributed by atoms with Gasteiger partial charge in [-0.25, -0.2) is 0 Å². The highest BCUT2D eigenvalue weighted by Gasteiger charge is 2.32. The van der Waals surface area contributed by atoms with Crippen molar-refractivity contribution in [3.8, 4) is 11.4 Å². The molecule has 0 unspecified atom stereocenters. The number of para-hydroxylation sites is 4. The zero-order valence-electron chi connectivity index (χ0n) is 34.2. The molecule has 294 valence electrons. The molecule has 62 heavy (non-hydrogen) atoms. The number of benzene rings is 9. The molecule has 4 aromatic heterocycles. The Morgan fingerprint density at radius 1 is 0.290 bits per heavy atom. The standard InChI is InChI=1S/C56H39N4OP/c1-57-49-20-10-6-16-41(49)45-32-36(24-28-51(45)57)59-53-22-12-8-18-43(53)47-34-39(26-30-55(47)59)62(61,38-14-4-3-5-15-38)40-27-31-56-48(35-40)44-19-9-13-23-54(44)60(56)37-25-29-52-46(33-37)42-17-7-11-21-50(42)58(52)2/h3-35H,1-2H3. The Hall–Kier alpha value is -7.59. The highest BCUT2D eigenvalue weighted by atomic mass is 31.2. The van der Waals surface area contributed by atoms with Crippen molar-refractivity contribution in [1.29, 1.82) is 0 Å². The summed E-state index contributed by atoms with van der Waals surface area (Å²) in [6, 6.07) is 71.0. The second-order valence-electron chi connectivity index (χ2n) is 16.6. The zero-order valence-corrected chi connectivity index (χ0v) is 35.1. The summed E-state index contributed by atoms with van der Waals surface area (Å²) in [5.41, 5.74) is 11.4. The van der Waals surface area contributed by atoms with Crippen molar-refractivity contribution >= 4 is 110 Å². The summed E-state index contributed by atoms with van der Waals surface area (Å²) in [6.07, 6.45) is 0. The highest BCUT2D eigenvalue weighted by molar-refractivity contribution is 7.85. The fourth-order valence-corrected chi connectivity index (χ4v) is 13.2. The molecule has 0 atom stereocenters. The first-order chi connectivity index (χ1) is 30.5. The van der Waals surface area contributed by atoms with Crippen LogP contribution in [0.1, 0.15) is 0 Å². The first-order valence-corrected chi connectivity index (χ1v) is 22.9. The van der Waals surface area contributed by atoms with Gasteiger partial charge in [-0.05, 0) is 97.1 Å². The SMILES string of the molecule is Cn1c2ccccc2c2cc(-n3c4ccccc4c4cc(P(=O)(c5ccccc5)c5ccc6c(c5)c5ccccc5n6-c5ccc6c(c5)c5ccccc5n6C)ccc43)ccc21. The Labute approximate surface area is 357 Å². The van der Waals surface area contributed by atoms with E-state index in [1.807, 2.05) is 30.3 Å². The third-order valence-corrected chi connectivity index (χ3v) is 16.5. The molecule has 0 aliphatic heterocycles. The third kappa shape index (κ3) is 4.77. The number of fused-ring (bicyclic) bond motifs is 12. The van der Waals surface area contributed by atoms with Crippen LogP contribution in [0, 0.1) is 0 Å². The maximum absolute atomic E-state index is 16.5. The van der Waals surface area contributed by atoms with Crippen molar-refractivity contribution in [2.75, 3.05) is 0 Å². The van der Waals surface area contributed by atoms with Gasteiger partial charge in [0.25, 0.3) is 0 Å². The molecule has 0 aliphatic rings. The van der Waals surface area contributed by atoms with Gasteiger partial charge in [0.15, 0.2) is 7.14 Å². The van der Waals surface area contributed by atoms with Crippen molar-refractivity contribution in [1.82, 2.24) is 18.3 Å². The molecular formula is C56H39N4OP. The summed E-state index contributed by atoms with van der Waals surface area (Å²) < 4.78 is 25.7. The summed E-state index contributed by atoms with van der Waals surface area (Å²) in [5.74, 6) is 0. The van der Waals surface area contributed by atoms with Crippen molar-refractivity contribution < 1.29 is 4.57 Å². The van der Waals surface area contributed by atoms with E-state index in [-0.39, 0.29) is 0 Å². The predicted octanol–water partition coefficient (Wildman–Crippen LogP) is 12.8. The number of nitrogens with zero attached hydrogens (tertiary/aromatic N) is 4. The Bertz CT molecular complexity index is 3810. The van der Waals surface area contributed by atoms with E-state index >= 15 is 4.57 Å². The number of hydrogen-bond donors (Lipinski definition) is 0. The minimum Gasteiger partial charge on any atom is -0.344 e. The van der Waals surface area contributed by atoms with E-state index in [0.29, 0.717) is 0 Å². The van der Waals surface area contributed by atoms with Crippen LogP contribution in [0.15, 0.2) is 200 Å². The van der Waals surface area contributed by atoms with Crippen LogP contribution in [-0.4, -0.2) is 18.3 Å². The maximum Gasteiger partial charge on any atom is 0.171 e. The van der Waals surface area contributed by atoms with Gasteiger partial charge < -0.3 is 22.8 Å². The molecule has 0 fully saturated rings. The lowest BCUT2D eigenvalue weighted by Gasteiger charge is -2.21. The molecule has 0 aliphatic carbocycles. The van der Waals surface area contributed by atoms with Crippen molar-refractivity contribution in [2.24, 2.45) is 14.1 Å². The van der Waals surface area contributed by atoms with Crippen LogP contribution in [-0.2, 0) is 18.7 Å². The van der Waals surface area contributed by atoms with Gasteiger partial charge in [0.2, 0.25) is 0 Å². The van der Waals surface area contributed by atoms with Gasteiger partial charge in [0.1, 0.15) is 0 Å². The minimum atomic E-state index is -3.41. The van der Waals surface area contributed by atoms with E-state index < -0.39 is 7.14 Å². The molecule has 0 bridgehead atoms. The Kier molecular flexibility index (Phi) is 7.35. The molecule has 0 saturated carbocycles. The molecule has 5 nitrogen and oxygen atoms in total. The summed E-state index contributed by atoms with van der Waals surface area (Å²) in [6.45, 7) is 0. The van der Waals surface area contributed by atoms with Gasteiger partial charge >= 0.3 is 0 Å². The molecule has 13 aromatic rings. The van der Waals surface area contributed by atoms with Gasteiger partial charge in [-0.3, -0.25) is 0 Å². The normalized spacial score (nSPS) is 12.4. The zero-order chi connectivity index (χ0) is 41.3. The number of aryl methyl sites for hydroxylation is 2. The first kappa shape index (κ1) is 35.2. The second kappa shape index (κ2) is 13.0. The first-order valence-electron chi connectivity index (χ1n) is 21.2. The second-order valence-corrected chi connectivity index (χ2v) is 19.4. The van der Waals surface area contributed by atoms with Gasteiger partial charge in [-0.2, -0.15) is 0 Å². The van der Waals surface area contributed by atoms with Crippen LogP contribution >= 0.6 is 7.14 Å². The molecule has 4 heterocycles. The van der Waals surface area contributed by atoms with Crippen LogP contribution in [0.5, 0.6) is 0 Å². The molecule has 6 heteroatoms. The smallest absolute Gasteiger partial charge is 0.171 e. The molecule has 9 aromatic carbocycles. The van der Waals surface area contributed by atoms with E-state index in [4.69, 9.17) is 0 Å². The summed E-state index contributed by atoms with van der Waals surface area (Å²) in [4.78, 5) is 0. The number of rotatable bonds is 5. The highest BCUT2D eigenvalue weighted by Crippen LogP contribution is 2.46. The van der Waals surface area contributed by atoms with Crippen LogP contribution in [0.25, 0.3) is 98.6 Å². The Morgan fingerprint density at radius 2 is 0.613 bits per heavy atom. The lowest BCUT2D eigenvalue weighted by Crippen LogP contribution is -2.25. The van der Waals surface area contributed by atoms with Gasteiger partial charge in [0, 0.05) is 107 Å². The average molecular weight is 815 g/mol. The largest absolute Gasteiger partial charge is 0.344 e.